The van der Waals surface area contributed by atoms with Gasteiger partial charge in [-0.15, -0.1) is 0 Å². The van der Waals surface area contributed by atoms with Crippen LogP contribution < -0.4 is 16.2 Å². The number of ether oxygens (including phenoxy) is 1. The summed E-state index contributed by atoms with van der Waals surface area (Å²) in [5, 5.41) is 8.95. The lowest BCUT2D eigenvalue weighted by molar-refractivity contribution is 0.100. The summed E-state index contributed by atoms with van der Waals surface area (Å²) in [6, 6.07) is 12.0. The van der Waals surface area contributed by atoms with E-state index in [9.17, 15) is 4.79 Å². The predicted molar refractivity (Wildman–Crippen MR) is 76.1 cm³/mol. The molecule has 0 saturated carbocycles. The first-order valence-electron chi connectivity index (χ1n) is 6.11. The summed E-state index contributed by atoms with van der Waals surface area (Å²) in [7, 11) is 0. The van der Waals surface area contributed by atoms with Crippen LogP contribution in [0.5, 0.6) is 5.75 Å². The number of hydrogen-bond acceptors (Lipinski definition) is 4. The molecule has 0 aliphatic rings. The summed E-state index contributed by atoms with van der Waals surface area (Å²) >= 11 is 0. The monoisotopic (exact) mass is 272 g/mol. The lowest BCUT2D eigenvalue weighted by Crippen LogP contribution is -2.12. The summed E-state index contributed by atoms with van der Waals surface area (Å²) in [4.78, 5) is 11.0. The fraction of sp³-hybridized carbons (Fsp3) is 0.133. The maximum absolute atomic E-state index is 11.0. The second-order valence-corrected chi connectivity index (χ2v) is 4.37. The summed E-state index contributed by atoms with van der Waals surface area (Å²) < 4.78 is 5.59. The van der Waals surface area contributed by atoms with E-state index in [-0.39, 0.29) is 6.61 Å². The Morgan fingerprint density at radius 3 is 2.40 bits per heavy atom. The molecule has 5 heteroatoms. The Bertz CT molecular complexity index is 609. The number of amides is 1. The quantitative estimate of drug-likeness (QED) is 0.717. The third-order valence-corrected chi connectivity index (χ3v) is 2.93. The number of hydrogen-bond donors (Lipinski definition) is 3. The lowest BCUT2D eigenvalue weighted by atomic mass is 10.1. The van der Waals surface area contributed by atoms with E-state index in [0.717, 1.165) is 11.1 Å². The van der Waals surface area contributed by atoms with Gasteiger partial charge in [0, 0.05) is 16.8 Å². The standard InChI is InChI=1S/C15H16N2O3/c16-14-7-11(15(17)19)3-4-12(14)9-20-13-5-1-10(8-18)2-6-13/h1-7,18H,8-9,16H2,(H2,17,19). The van der Waals surface area contributed by atoms with E-state index in [1.165, 1.54) is 6.07 Å². The average molecular weight is 272 g/mol. The molecule has 0 aliphatic heterocycles. The first kappa shape index (κ1) is 13.9. The van der Waals surface area contributed by atoms with Crippen molar-refractivity contribution in [3.63, 3.8) is 0 Å². The summed E-state index contributed by atoms with van der Waals surface area (Å²) in [5.41, 5.74) is 13.5. The van der Waals surface area contributed by atoms with E-state index in [0.29, 0.717) is 23.6 Å². The fourth-order valence-electron chi connectivity index (χ4n) is 1.73. The van der Waals surface area contributed by atoms with Crippen LogP contribution in [0.25, 0.3) is 0 Å². The molecule has 0 aliphatic carbocycles. The molecule has 2 aromatic rings. The number of aliphatic hydroxyl groups excluding tert-OH is 1. The number of aliphatic hydroxyl groups is 1. The molecule has 0 spiro atoms. The third-order valence-electron chi connectivity index (χ3n) is 2.93. The maximum atomic E-state index is 11.0. The van der Waals surface area contributed by atoms with E-state index in [4.69, 9.17) is 21.3 Å². The van der Waals surface area contributed by atoms with Gasteiger partial charge in [-0.25, -0.2) is 0 Å². The van der Waals surface area contributed by atoms with Gasteiger partial charge in [-0.3, -0.25) is 4.79 Å². The number of nitrogens with two attached hydrogens (primary N) is 2. The number of rotatable bonds is 5. The number of carbonyl (C=O) groups excluding carboxylic acids is 1. The molecular weight excluding hydrogens is 256 g/mol. The minimum atomic E-state index is -0.510. The van der Waals surface area contributed by atoms with Gasteiger partial charge in [0.1, 0.15) is 12.4 Å². The molecule has 0 fully saturated rings. The van der Waals surface area contributed by atoms with Gasteiger partial charge in [-0.1, -0.05) is 18.2 Å². The molecule has 0 unspecified atom stereocenters. The number of anilines is 1. The minimum absolute atomic E-state index is 0.00179. The largest absolute Gasteiger partial charge is 0.489 e. The van der Waals surface area contributed by atoms with Crippen LogP contribution in [-0.4, -0.2) is 11.0 Å². The van der Waals surface area contributed by atoms with Crippen LogP contribution in [0, 0.1) is 0 Å². The number of primary amides is 1. The Kier molecular flexibility index (Phi) is 4.22. The molecule has 0 radical (unpaired) electrons. The van der Waals surface area contributed by atoms with Crippen molar-refractivity contribution in [3.05, 3.63) is 59.2 Å². The highest BCUT2D eigenvalue weighted by Crippen LogP contribution is 2.18. The number of nitrogen functional groups attached to an aromatic ring is 1. The number of carbonyl (C=O) groups is 1. The first-order chi connectivity index (χ1) is 9.60. The fourth-order valence-corrected chi connectivity index (χ4v) is 1.73. The van der Waals surface area contributed by atoms with Crippen LogP contribution in [0.2, 0.25) is 0 Å². The Balaban J connectivity index is 2.04. The first-order valence-corrected chi connectivity index (χ1v) is 6.11. The van der Waals surface area contributed by atoms with Crippen LogP contribution in [0.1, 0.15) is 21.5 Å². The van der Waals surface area contributed by atoms with Crippen molar-refractivity contribution >= 4 is 11.6 Å². The zero-order valence-electron chi connectivity index (χ0n) is 10.9. The smallest absolute Gasteiger partial charge is 0.248 e. The molecule has 2 rings (SSSR count). The minimum Gasteiger partial charge on any atom is -0.489 e. The zero-order valence-corrected chi connectivity index (χ0v) is 10.9. The third kappa shape index (κ3) is 3.27. The second kappa shape index (κ2) is 6.08. The summed E-state index contributed by atoms with van der Waals surface area (Å²) in [6.07, 6.45) is 0. The highest BCUT2D eigenvalue weighted by atomic mass is 16.5. The molecule has 0 atom stereocenters. The van der Waals surface area contributed by atoms with Crippen LogP contribution in [0.4, 0.5) is 5.69 Å². The van der Waals surface area contributed by atoms with Gasteiger partial charge in [0.15, 0.2) is 0 Å². The van der Waals surface area contributed by atoms with E-state index in [1.807, 2.05) is 0 Å². The Morgan fingerprint density at radius 2 is 1.85 bits per heavy atom. The van der Waals surface area contributed by atoms with Crippen molar-refractivity contribution in [1.82, 2.24) is 0 Å². The van der Waals surface area contributed by atoms with Crippen molar-refractivity contribution in [3.8, 4) is 5.75 Å². The van der Waals surface area contributed by atoms with Crippen molar-refractivity contribution in [2.45, 2.75) is 13.2 Å². The molecule has 1 amide bonds. The zero-order chi connectivity index (χ0) is 14.5. The Morgan fingerprint density at radius 1 is 1.15 bits per heavy atom. The molecule has 0 heterocycles. The highest BCUT2D eigenvalue weighted by Gasteiger charge is 2.05. The Labute approximate surface area is 116 Å². The van der Waals surface area contributed by atoms with Crippen LogP contribution in [0.3, 0.4) is 0 Å². The van der Waals surface area contributed by atoms with Crippen LogP contribution >= 0.6 is 0 Å². The van der Waals surface area contributed by atoms with Crippen molar-refractivity contribution in [2.75, 3.05) is 5.73 Å². The second-order valence-electron chi connectivity index (χ2n) is 4.37. The molecule has 5 nitrogen and oxygen atoms in total. The molecule has 2 aromatic carbocycles. The topological polar surface area (TPSA) is 98.6 Å². The molecule has 0 aromatic heterocycles. The van der Waals surface area contributed by atoms with E-state index in [1.54, 1.807) is 36.4 Å². The summed E-state index contributed by atoms with van der Waals surface area (Å²) in [5.74, 6) is 0.171. The van der Waals surface area contributed by atoms with E-state index >= 15 is 0 Å². The molecule has 0 bridgehead atoms. The SMILES string of the molecule is NC(=O)c1ccc(COc2ccc(CO)cc2)c(N)c1. The van der Waals surface area contributed by atoms with Crippen LogP contribution in [0.15, 0.2) is 42.5 Å². The van der Waals surface area contributed by atoms with Crippen molar-refractivity contribution in [1.29, 1.82) is 0 Å². The average Bonchev–Trinajstić information content (AvgIpc) is 2.46. The maximum Gasteiger partial charge on any atom is 0.248 e. The molecule has 20 heavy (non-hydrogen) atoms. The van der Waals surface area contributed by atoms with Gasteiger partial charge >= 0.3 is 0 Å². The normalized spacial score (nSPS) is 10.2. The van der Waals surface area contributed by atoms with Gasteiger partial charge in [0.05, 0.1) is 6.61 Å². The van der Waals surface area contributed by atoms with E-state index in [2.05, 4.69) is 0 Å². The van der Waals surface area contributed by atoms with Gasteiger partial charge in [-0.05, 0) is 29.8 Å². The molecule has 0 saturated heterocycles. The van der Waals surface area contributed by atoms with Gasteiger partial charge in [0.25, 0.3) is 0 Å². The van der Waals surface area contributed by atoms with Crippen LogP contribution in [-0.2, 0) is 13.2 Å². The van der Waals surface area contributed by atoms with Crippen molar-refractivity contribution < 1.29 is 14.6 Å². The molecular formula is C15H16N2O3. The summed E-state index contributed by atoms with van der Waals surface area (Å²) in [6.45, 7) is 0.297. The number of benzene rings is 2. The van der Waals surface area contributed by atoms with E-state index < -0.39 is 5.91 Å². The highest BCUT2D eigenvalue weighted by molar-refractivity contribution is 5.93. The van der Waals surface area contributed by atoms with Gasteiger partial charge in [-0.2, -0.15) is 0 Å². The lowest BCUT2D eigenvalue weighted by Gasteiger charge is -2.09. The van der Waals surface area contributed by atoms with Gasteiger partial charge in [0.2, 0.25) is 5.91 Å². The predicted octanol–water partition coefficient (Wildman–Crippen LogP) is 1.44. The van der Waals surface area contributed by atoms with Gasteiger partial charge < -0.3 is 21.3 Å². The Hall–Kier alpha value is -2.53. The van der Waals surface area contributed by atoms with Crippen molar-refractivity contribution in [2.24, 2.45) is 5.73 Å². The molecule has 104 valence electrons. The molecule has 5 N–H and O–H groups in total.